The Morgan fingerprint density at radius 3 is 2.75 bits per heavy atom. The van der Waals surface area contributed by atoms with E-state index in [0.29, 0.717) is 17.0 Å². The lowest BCUT2D eigenvalue weighted by Crippen LogP contribution is -2.05. The van der Waals surface area contributed by atoms with E-state index in [2.05, 4.69) is 25.4 Å². The van der Waals surface area contributed by atoms with Crippen molar-refractivity contribution in [2.45, 2.75) is 0 Å². The zero-order chi connectivity index (χ0) is 16.5. The first-order valence-electron chi connectivity index (χ1n) is 7.04. The minimum atomic E-state index is -0.498. The average Bonchev–Trinajstić information content (AvgIpc) is 3.06. The van der Waals surface area contributed by atoms with E-state index in [1.165, 1.54) is 24.4 Å². The molecule has 0 aliphatic heterocycles. The second-order valence-corrected chi connectivity index (χ2v) is 4.96. The van der Waals surface area contributed by atoms with Crippen molar-refractivity contribution in [1.82, 2.24) is 24.6 Å². The van der Waals surface area contributed by atoms with E-state index < -0.39 is 11.6 Å². The molecule has 0 spiro atoms. The highest BCUT2D eigenvalue weighted by molar-refractivity contribution is 5.74. The van der Waals surface area contributed by atoms with Crippen LogP contribution >= 0.6 is 0 Å². The molecular weight excluding hydrogens is 314 g/mol. The average molecular weight is 324 g/mol. The van der Waals surface area contributed by atoms with Crippen LogP contribution < -0.4 is 5.32 Å². The Morgan fingerprint density at radius 2 is 1.96 bits per heavy atom. The molecular formula is C16H10F2N6. The Balaban J connectivity index is 1.83. The second-order valence-electron chi connectivity index (χ2n) is 4.96. The second kappa shape index (κ2) is 5.65. The molecule has 0 amide bonds. The molecule has 24 heavy (non-hydrogen) atoms. The summed E-state index contributed by atoms with van der Waals surface area (Å²) in [6, 6.07) is 7.86. The normalized spacial score (nSPS) is 10.9. The van der Waals surface area contributed by atoms with Crippen LogP contribution in [-0.4, -0.2) is 24.6 Å². The van der Waals surface area contributed by atoms with Gasteiger partial charge in [0.15, 0.2) is 11.6 Å². The summed E-state index contributed by atoms with van der Waals surface area (Å²) in [5.41, 5.74) is 1.31. The highest BCUT2D eigenvalue weighted by atomic mass is 19.1. The summed E-state index contributed by atoms with van der Waals surface area (Å²) in [6.45, 7) is 0. The van der Waals surface area contributed by atoms with Crippen LogP contribution in [0.4, 0.5) is 20.3 Å². The number of nitrogens with zero attached hydrogens (tertiary/aromatic N) is 5. The minimum Gasteiger partial charge on any atom is -0.336 e. The number of pyridine rings is 2. The van der Waals surface area contributed by atoms with Crippen LogP contribution in [0.3, 0.4) is 0 Å². The maximum atomic E-state index is 13.8. The van der Waals surface area contributed by atoms with E-state index in [9.17, 15) is 8.78 Å². The van der Waals surface area contributed by atoms with Gasteiger partial charge in [-0.1, -0.05) is 0 Å². The lowest BCUT2D eigenvalue weighted by atomic mass is 10.3. The van der Waals surface area contributed by atoms with Crippen LogP contribution in [-0.2, 0) is 0 Å². The summed E-state index contributed by atoms with van der Waals surface area (Å²) in [6.07, 6.45) is 5.41. The van der Waals surface area contributed by atoms with Crippen molar-refractivity contribution in [3.8, 4) is 11.5 Å². The fraction of sp³-hybridized carbons (Fsp3) is 0. The highest BCUT2D eigenvalue weighted by Crippen LogP contribution is 2.24. The van der Waals surface area contributed by atoms with Crippen LogP contribution in [0.25, 0.3) is 17.0 Å². The molecule has 0 aliphatic rings. The highest BCUT2D eigenvalue weighted by Gasteiger charge is 2.12. The molecule has 4 aromatic rings. The third-order valence-electron chi connectivity index (χ3n) is 3.37. The smallest absolute Gasteiger partial charge is 0.200 e. The van der Waals surface area contributed by atoms with Crippen molar-refractivity contribution in [3.05, 3.63) is 66.8 Å². The zero-order valence-electron chi connectivity index (χ0n) is 12.2. The number of rotatable bonds is 3. The van der Waals surface area contributed by atoms with Crippen molar-refractivity contribution in [3.63, 3.8) is 0 Å². The van der Waals surface area contributed by atoms with Gasteiger partial charge in [0.2, 0.25) is 5.82 Å². The summed E-state index contributed by atoms with van der Waals surface area (Å²) in [5, 5.41) is 7.27. The van der Waals surface area contributed by atoms with Gasteiger partial charge >= 0.3 is 0 Å². The zero-order valence-corrected chi connectivity index (χ0v) is 12.2. The Hall–Kier alpha value is -3.42. The molecule has 6 nitrogen and oxygen atoms in total. The molecule has 8 heteroatoms. The molecule has 0 aliphatic carbocycles. The topological polar surface area (TPSA) is 68.0 Å². The van der Waals surface area contributed by atoms with Gasteiger partial charge < -0.3 is 5.32 Å². The van der Waals surface area contributed by atoms with E-state index in [-0.39, 0.29) is 11.5 Å². The molecule has 1 N–H and O–H groups in total. The quantitative estimate of drug-likeness (QED) is 0.627. The monoisotopic (exact) mass is 324 g/mol. The summed E-state index contributed by atoms with van der Waals surface area (Å²) in [4.78, 5) is 12.1. The predicted molar refractivity (Wildman–Crippen MR) is 83.7 cm³/mol. The van der Waals surface area contributed by atoms with Gasteiger partial charge in [0.1, 0.15) is 17.0 Å². The van der Waals surface area contributed by atoms with Crippen LogP contribution in [0.5, 0.6) is 0 Å². The molecule has 0 unspecified atom stereocenters. The van der Waals surface area contributed by atoms with E-state index in [0.717, 1.165) is 12.4 Å². The van der Waals surface area contributed by atoms with Gasteiger partial charge in [0.25, 0.3) is 0 Å². The fourth-order valence-electron chi connectivity index (χ4n) is 2.25. The Kier molecular flexibility index (Phi) is 3.34. The standard InChI is InChI=1S/C16H10F2N6/c17-10-3-4-13(20-8-10)15-22-16(14-2-1-7-24(14)23-15)21-12-5-6-19-9-11(12)18/h1-9H,(H,19,21,22,23). The van der Waals surface area contributed by atoms with E-state index in [1.807, 2.05) is 0 Å². The molecule has 0 atom stereocenters. The maximum absolute atomic E-state index is 13.8. The molecule has 118 valence electrons. The molecule has 0 radical (unpaired) electrons. The molecule has 4 rings (SSSR count). The summed E-state index contributed by atoms with van der Waals surface area (Å²) >= 11 is 0. The summed E-state index contributed by atoms with van der Waals surface area (Å²) in [7, 11) is 0. The lowest BCUT2D eigenvalue weighted by Gasteiger charge is -2.10. The third-order valence-corrected chi connectivity index (χ3v) is 3.37. The van der Waals surface area contributed by atoms with Gasteiger partial charge in [-0.25, -0.2) is 23.3 Å². The number of hydrogen-bond acceptors (Lipinski definition) is 5. The molecule has 0 bridgehead atoms. The maximum Gasteiger partial charge on any atom is 0.200 e. The van der Waals surface area contributed by atoms with Crippen LogP contribution in [0.15, 0.2) is 55.1 Å². The van der Waals surface area contributed by atoms with Gasteiger partial charge in [-0.05, 0) is 30.3 Å². The van der Waals surface area contributed by atoms with Gasteiger partial charge in [0.05, 0.1) is 18.1 Å². The van der Waals surface area contributed by atoms with Crippen molar-refractivity contribution >= 4 is 17.0 Å². The lowest BCUT2D eigenvalue weighted by molar-refractivity contribution is 0.621. The van der Waals surface area contributed by atoms with E-state index in [1.54, 1.807) is 22.8 Å². The van der Waals surface area contributed by atoms with Gasteiger partial charge in [-0.2, -0.15) is 0 Å². The molecule has 0 saturated carbocycles. The van der Waals surface area contributed by atoms with Crippen LogP contribution in [0, 0.1) is 11.6 Å². The van der Waals surface area contributed by atoms with Gasteiger partial charge in [0, 0.05) is 12.4 Å². The number of hydrogen-bond donors (Lipinski definition) is 1. The van der Waals surface area contributed by atoms with Crippen molar-refractivity contribution in [1.29, 1.82) is 0 Å². The minimum absolute atomic E-state index is 0.241. The van der Waals surface area contributed by atoms with Crippen molar-refractivity contribution in [2.75, 3.05) is 5.32 Å². The molecule has 0 saturated heterocycles. The first kappa shape index (κ1) is 14.2. The number of halogens is 2. The van der Waals surface area contributed by atoms with Crippen molar-refractivity contribution < 1.29 is 8.78 Å². The first-order valence-corrected chi connectivity index (χ1v) is 7.04. The molecule has 0 aromatic carbocycles. The van der Waals surface area contributed by atoms with Gasteiger partial charge in [-0.15, -0.1) is 5.10 Å². The summed E-state index contributed by atoms with van der Waals surface area (Å²) < 4.78 is 28.5. The van der Waals surface area contributed by atoms with E-state index in [4.69, 9.17) is 0 Å². The summed E-state index contributed by atoms with van der Waals surface area (Å²) in [5.74, 6) is -0.253. The molecule has 0 fully saturated rings. The number of fused-ring (bicyclic) bond motifs is 1. The van der Waals surface area contributed by atoms with Crippen LogP contribution in [0.2, 0.25) is 0 Å². The number of nitrogens with one attached hydrogen (secondary N) is 1. The number of anilines is 2. The molecule has 4 aromatic heterocycles. The van der Waals surface area contributed by atoms with Crippen LogP contribution in [0.1, 0.15) is 0 Å². The SMILES string of the molecule is Fc1ccc(-c2nc(Nc3ccncc3F)c3cccn3n2)nc1. The fourth-order valence-corrected chi connectivity index (χ4v) is 2.25. The molecule has 4 heterocycles. The van der Waals surface area contributed by atoms with Crippen molar-refractivity contribution in [2.24, 2.45) is 0 Å². The Labute approximate surface area is 134 Å². The Bertz CT molecular complexity index is 1010. The Morgan fingerprint density at radius 1 is 1.04 bits per heavy atom. The number of aromatic nitrogens is 5. The largest absolute Gasteiger partial charge is 0.336 e. The first-order chi connectivity index (χ1) is 11.7. The third kappa shape index (κ3) is 2.54. The predicted octanol–water partition coefficient (Wildman–Crippen LogP) is 3.21. The van der Waals surface area contributed by atoms with E-state index >= 15 is 0 Å². The van der Waals surface area contributed by atoms with Gasteiger partial charge in [-0.3, -0.25) is 4.98 Å².